The number of carbonyl (C=O) groups excluding carboxylic acids is 3. The third kappa shape index (κ3) is 2.81. The van der Waals surface area contributed by atoms with E-state index in [-0.39, 0.29) is 0 Å². The Kier molecular flexibility index (Phi) is 3.94. The number of nitrogens with zero attached hydrogens (tertiary/aromatic N) is 1. The number of ether oxygens (including phenoxy) is 2. The molecule has 0 saturated carbocycles. The fourth-order valence-electron chi connectivity index (χ4n) is 3.12. The number of carbonyl (C=O) groups is 3. The van der Waals surface area contributed by atoms with Crippen molar-refractivity contribution >= 4 is 33.9 Å². The summed E-state index contributed by atoms with van der Waals surface area (Å²) >= 11 is 3.40. The number of rotatable bonds is 2. The van der Waals surface area contributed by atoms with Crippen molar-refractivity contribution in [2.75, 3.05) is 6.54 Å². The summed E-state index contributed by atoms with van der Waals surface area (Å²) in [5, 5.41) is 0. The molecule has 1 heterocycles. The number of amides is 2. The van der Waals surface area contributed by atoms with Crippen LogP contribution in [0.25, 0.3) is 0 Å². The number of halogens is 1. The molecule has 24 heavy (non-hydrogen) atoms. The predicted octanol–water partition coefficient (Wildman–Crippen LogP) is 2.91. The van der Waals surface area contributed by atoms with E-state index in [1.807, 2.05) is 12.1 Å². The highest BCUT2D eigenvalue weighted by atomic mass is 79.9. The summed E-state index contributed by atoms with van der Waals surface area (Å²) in [5.74, 6) is -1.14. The highest BCUT2D eigenvalue weighted by molar-refractivity contribution is 9.10. The lowest BCUT2D eigenvalue weighted by atomic mass is 9.95. The van der Waals surface area contributed by atoms with Crippen LogP contribution >= 0.6 is 15.9 Å². The Morgan fingerprint density at radius 3 is 2.75 bits per heavy atom. The Morgan fingerprint density at radius 1 is 1.38 bits per heavy atom. The second-order valence-corrected chi connectivity index (χ2v) is 7.89. The number of benzene rings is 1. The molecule has 6 nitrogen and oxygen atoms in total. The molecule has 0 N–H and O–H groups in total. The Bertz CT molecular complexity index is 739. The zero-order valence-electron chi connectivity index (χ0n) is 13.7. The number of hydrogen-bond acceptors (Lipinski definition) is 5. The van der Waals surface area contributed by atoms with Gasteiger partial charge in [0.25, 0.3) is 5.91 Å². The number of hydrogen-bond donors (Lipinski definition) is 0. The van der Waals surface area contributed by atoms with Gasteiger partial charge in [-0.15, -0.1) is 0 Å². The highest BCUT2D eigenvalue weighted by Crippen LogP contribution is 2.45. The predicted molar refractivity (Wildman–Crippen MR) is 88.2 cm³/mol. The molecule has 1 atom stereocenters. The van der Waals surface area contributed by atoms with Gasteiger partial charge < -0.3 is 9.47 Å². The zero-order chi connectivity index (χ0) is 17.7. The minimum atomic E-state index is -1.31. The summed E-state index contributed by atoms with van der Waals surface area (Å²) in [4.78, 5) is 37.8. The van der Waals surface area contributed by atoms with Gasteiger partial charge in [-0.25, -0.2) is 9.69 Å². The Labute approximate surface area is 148 Å². The van der Waals surface area contributed by atoms with Gasteiger partial charge in [0.2, 0.25) is 5.60 Å². The molecule has 3 rings (SSSR count). The molecule has 2 amide bonds. The first-order valence-electron chi connectivity index (χ1n) is 7.68. The third-order valence-corrected chi connectivity index (χ3v) is 4.52. The van der Waals surface area contributed by atoms with Crippen LogP contribution in [0.2, 0.25) is 0 Å². The summed E-state index contributed by atoms with van der Waals surface area (Å²) in [7, 11) is 0. The van der Waals surface area contributed by atoms with Crippen LogP contribution in [0.4, 0.5) is 4.79 Å². The van der Waals surface area contributed by atoms with Crippen LogP contribution in [0.3, 0.4) is 0 Å². The van der Waals surface area contributed by atoms with Crippen LogP contribution < -0.4 is 0 Å². The Morgan fingerprint density at radius 2 is 2.08 bits per heavy atom. The first-order valence-corrected chi connectivity index (χ1v) is 8.47. The molecule has 1 aliphatic carbocycles. The standard InChI is InChI=1S/C17H18BrNO5/c1-16(2,3)23-13(20)9-19-14(21)17(24-15(19)22)7-6-10-8-11(18)4-5-12(10)17/h4-5,8H,6-7,9H2,1-3H3/t17-/m0/s1. The first kappa shape index (κ1) is 17.0. The molecule has 1 saturated heterocycles. The van der Waals surface area contributed by atoms with E-state index in [4.69, 9.17) is 9.47 Å². The van der Waals surface area contributed by atoms with Gasteiger partial charge in [0.05, 0.1) is 0 Å². The molecule has 1 spiro atoms. The molecular formula is C17H18BrNO5. The van der Waals surface area contributed by atoms with Gasteiger partial charge in [-0.05, 0) is 44.9 Å². The average Bonchev–Trinajstić information content (AvgIpc) is 2.91. The molecule has 1 fully saturated rings. The maximum atomic E-state index is 12.8. The van der Waals surface area contributed by atoms with Crippen LogP contribution in [0, 0.1) is 0 Å². The van der Waals surface area contributed by atoms with Crippen molar-refractivity contribution in [3.63, 3.8) is 0 Å². The fourth-order valence-corrected chi connectivity index (χ4v) is 3.53. The second kappa shape index (κ2) is 5.58. The Hall–Kier alpha value is -1.89. The maximum absolute atomic E-state index is 12.8. The van der Waals surface area contributed by atoms with Crippen LogP contribution in [0.5, 0.6) is 0 Å². The average molecular weight is 396 g/mol. The van der Waals surface area contributed by atoms with E-state index < -0.39 is 35.7 Å². The topological polar surface area (TPSA) is 72.9 Å². The number of fused-ring (bicyclic) bond motifs is 2. The van der Waals surface area contributed by atoms with Crippen LogP contribution in [0.15, 0.2) is 22.7 Å². The highest BCUT2D eigenvalue weighted by Gasteiger charge is 2.58. The summed E-state index contributed by atoms with van der Waals surface area (Å²) in [5.41, 5.74) is -0.344. The molecule has 1 aromatic carbocycles. The quantitative estimate of drug-likeness (QED) is 0.719. The lowest BCUT2D eigenvalue weighted by Crippen LogP contribution is -2.41. The smallest absolute Gasteiger partial charge is 0.418 e. The van der Waals surface area contributed by atoms with E-state index >= 15 is 0 Å². The largest absolute Gasteiger partial charge is 0.459 e. The third-order valence-electron chi connectivity index (χ3n) is 4.03. The van der Waals surface area contributed by atoms with Crippen molar-refractivity contribution in [3.05, 3.63) is 33.8 Å². The number of esters is 1. The number of imide groups is 1. The molecule has 7 heteroatoms. The van der Waals surface area contributed by atoms with Crippen molar-refractivity contribution < 1.29 is 23.9 Å². The van der Waals surface area contributed by atoms with Crippen molar-refractivity contribution in [1.82, 2.24) is 4.90 Å². The summed E-state index contributed by atoms with van der Waals surface area (Å²) in [6, 6.07) is 5.51. The Balaban J connectivity index is 1.85. The van der Waals surface area contributed by atoms with E-state index in [1.165, 1.54) is 0 Å². The minimum Gasteiger partial charge on any atom is -0.459 e. The van der Waals surface area contributed by atoms with Gasteiger partial charge in [0.15, 0.2) is 0 Å². The van der Waals surface area contributed by atoms with E-state index in [2.05, 4.69) is 15.9 Å². The van der Waals surface area contributed by atoms with Crippen LogP contribution in [-0.4, -0.2) is 35.0 Å². The summed E-state index contributed by atoms with van der Waals surface area (Å²) in [6.45, 7) is 4.73. The second-order valence-electron chi connectivity index (χ2n) is 6.97. The molecule has 0 aromatic heterocycles. The van der Waals surface area contributed by atoms with Crippen LogP contribution in [-0.2, 0) is 31.1 Å². The lowest BCUT2D eigenvalue weighted by molar-refractivity contribution is -0.157. The molecular weight excluding hydrogens is 378 g/mol. The van der Waals surface area contributed by atoms with Crippen molar-refractivity contribution in [2.24, 2.45) is 0 Å². The van der Waals surface area contributed by atoms with E-state index in [9.17, 15) is 14.4 Å². The molecule has 0 unspecified atom stereocenters. The first-order chi connectivity index (χ1) is 11.1. The summed E-state index contributed by atoms with van der Waals surface area (Å²) < 4.78 is 11.5. The molecule has 2 aliphatic rings. The van der Waals surface area contributed by atoms with E-state index in [0.29, 0.717) is 18.4 Å². The van der Waals surface area contributed by atoms with Crippen molar-refractivity contribution in [2.45, 2.75) is 44.8 Å². The molecule has 1 aliphatic heterocycles. The number of aryl methyl sites for hydroxylation is 1. The van der Waals surface area contributed by atoms with Gasteiger partial charge in [-0.1, -0.05) is 22.0 Å². The monoisotopic (exact) mass is 395 g/mol. The molecule has 0 radical (unpaired) electrons. The van der Waals surface area contributed by atoms with Gasteiger partial charge in [-0.2, -0.15) is 0 Å². The normalized spacial score (nSPS) is 22.8. The molecule has 0 bridgehead atoms. The van der Waals surface area contributed by atoms with Crippen LogP contribution in [0.1, 0.15) is 38.3 Å². The zero-order valence-corrected chi connectivity index (χ0v) is 15.3. The van der Waals surface area contributed by atoms with Gasteiger partial charge in [0.1, 0.15) is 12.1 Å². The van der Waals surface area contributed by atoms with E-state index in [0.717, 1.165) is 14.9 Å². The maximum Gasteiger partial charge on any atom is 0.418 e. The molecule has 128 valence electrons. The van der Waals surface area contributed by atoms with E-state index in [1.54, 1.807) is 26.8 Å². The minimum absolute atomic E-state index is 0.383. The van der Waals surface area contributed by atoms with Crippen molar-refractivity contribution in [1.29, 1.82) is 0 Å². The lowest BCUT2D eigenvalue weighted by Gasteiger charge is -2.22. The molecule has 1 aromatic rings. The van der Waals surface area contributed by atoms with Gasteiger partial charge in [0, 0.05) is 16.5 Å². The SMILES string of the molecule is CC(C)(C)OC(=O)CN1C(=O)O[C@]2(CCc3cc(Br)ccc32)C1=O. The fraction of sp³-hybridized carbons (Fsp3) is 0.471. The van der Waals surface area contributed by atoms with Gasteiger partial charge >= 0.3 is 12.1 Å². The van der Waals surface area contributed by atoms with Crippen molar-refractivity contribution in [3.8, 4) is 0 Å². The van der Waals surface area contributed by atoms with Gasteiger partial charge in [-0.3, -0.25) is 9.59 Å². The summed E-state index contributed by atoms with van der Waals surface area (Å²) in [6.07, 6.45) is 0.212.